The molecular formula is C17H23N3O4. The maximum absolute atomic E-state index is 12.0. The Bertz CT molecular complexity index is 603. The zero-order valence-corrected chi connectivity index (χ0v) is 13.9. The van der Waals surface area contributed by atoms with Gasteiger partial charge < -0.3 is 20.7 Å². The molecule has 0 saturated heterocycles. The maximum atomic E-state index is 12.0. The summed E-state index contributed by atoms with van der Waals surface area (Å²) in [5.41, 5.74) is 6.37. The first-order chi connectivity index (χ1) is 11.4. The summed E-state index contributed by atoms with van der Waals surface area (Å²) in [6, 6.07) is 7.61. The van der Waals surface area contributed by atoms with E-state index in [2.05, 4.69) is 5.32 Å². The van der Waals surface area contributed by atoms with Gasteiger partial charge in [0.05, 0.1) is 5.56 Å². The fourth-order valence-corrected chi connectivity index (χ4v) is 2.87. The first-order valence-corrected chi connectivity index (χ1v) is 7.93. The molecule has 7 nitrogen and oxygen atoms in total. The second-order valence-corrected chi connectivity index (χ2v) is 6.20. The number of hydrogen-bond donors (Lipinski definition) is 2. The molecule has 2 amide bonds. The topological polar surface area (TPSA) is 102 Å². The highest BCUT2D eigenvalue weighted by Crippen LogP contribution is 2.25. The number of nitrogens with two attached hydrogens (primary N) is 1. The maximum Gasteiger partial charge on any atom is 0.415 e. The molecule has 1 aromatic rings. The number of rotatable bonds is 3. The Morgan fingerprint density at radius 1 is 1.17 bits per heavy atom. The smallest absolute Gasteiger partial charge is 0.373 e. The summed E-state index contributed by atoms with van der Waals surface area (Å²) in [6.07, 6.45) is 0.887. The predicted molar refractivity (Wildman–Crippen MR) is 88.2 cm³/mol. The average Bonchev–Trinajstić information content (AvgIpc) is 2.56. The van der Waals surface area contributed by atoms with Crippen molar-refractivity contribution in [3.8, 4) is 0 Å². The number of benzene rings is 1. The lowest BCUT2D eigenvalue weighted by molar-refractivity contribution is -0.134. The minimum atomic E-state index is -0.818. The highest BCUT2D eigenvalue weighted by molar-refractivity contribution is 5.96. The van der Waals surface area contributed by atoms with Crippen LogP contribution in [-0.2, 0) is 9.53 Å². The first kappa shape index (κ1) is 17.9. The van der Waals surface area contributed by atoms with Crippen LogP contribution in [0.3, 0.4) is 0 Å². The Kier molecular flexibility index (Phi) is 5.92. The van der Waals surface area contributed by atoms with E-state index >= 15 is 0 Å². The molecule has 130 valence electrons. The van der Waals surface area contributed by atoms with Gasteiger partial charge in [-0.15, -0.1) is 0 Å². The molecule has 1 fully saturated rings. The Balaban J connectivity index is 1.85. The zero-order chi connectivity index (χ0) is 17.7. The Labute approximate surface area is 141 Å². The molecule has 0 aliphatic heterocycles. The quantitative estimate of drug-likeness (QED) is 0.638. The van der Waals surface area contributed by atoms with E-state index in [0.29, 0.717) is 24.8 Å². The largest absolute Gasteiger partial charge is 0.415 e. The van der Waals surface area contributed by atoms with Gasteiger partial charge in [-0.25, -0.2) is 9.59 Å². The van der Waals surface area contributed by atoms with Crippen molar-refractivity contribution < 1.29 is 19.1 Å². The summed E-state index contributed by atoms with van der Waals surface area (Å²) in [7, 11) is 3.43. The standard InChI is InChI=1S/C17H23N3O4/c1-20(2)15(21)12-8-9-14(13(18)10-12)19-17(23)24-16(22)11-6-4-3-5-7-11/h3-7,12-14H,8-10,18H2,1-2H3,(H,19,23)/t12-,13+,14-/m0/s1. The molecule has 7 heteroatoms. The number of amides is 2. The van der Waals surface area contributed by atoms with Crippen molar-refractivity contribution >= 4 is 18.0 Å². The van der Waals surface area contributed by atoms with Gasteiger partial charge in [0.1, 0.15) is 0 Å². The highest BCUT2D eigenvalue weighted by atomic mass is 16.6. The van der Waals surface area contributed by atoms with Crippen molar-refractivity contribution in [3.05, 3.63) is 35.9 Å². The second-order valence-electron chi connectivity index (χ2n) is 6.20. The second kappa shape index (κ2) is 7.92. The van der Waals surface area contributed by atoms with Gasteiger partial charge >= 0.3 is 12.1 Å². The third kappa shape index (κ3) is 4.55. The van der Waals surface area contributed by atoms with E-state index in [4.69, 9.17) is 10.5 Å². The molecule has 1 saturated carbocycles. The summed E-state index contributed by atoms with van der Waals surface area (Å²) >= 11 is 0. The van der Waals surface area contributed by atoms with Crippen LogP contribution in [0.15, 0.2) is 30.3 Å². The number of nitrogens with one attached hydrogen (secondary N) is 1. The minimum absolute atomic E-state index is 0.0470. The summed E-state index contributed by atoms with van der Waals surface area (Å²) in [6.45, 7) is 0. The fourth-order valence-electron chi connectivity index (χ4n) is 2.87. The average molecular weight is 333 g/mol. The third-order valence-electron chi connectivity index (χ3n) is 4.19. The molecule has 0 radical (unpaired) electrons. The number of hydrogen-bond acceptors (Lipinski definition) is 5. The molecular weight excluding hydrogens is 310 g/mol. The number of ether oxygens (including phenoxy) is 1. The summed E-state index contributed by atoms with van der Waals surface area (Å²) in [5, 5.41) is 2.63. The van der Waals surface area contributed by atoms with E-state index < -0.39 is 12.1 Å². The van der Waals surface area contributed by atoms with Crippen molar-refractivity contribution in [2.75, 3.05) is 14.1 Å². The van der Waals surface area contributed by atoms with Crippen molar-refractivity contribution in [1.82, 2.24) is 10.2 Å². The zero-order valence-electron chi connectivity index (χ0n) is 13.9. The molecule has 0 unspecified atom stereocenters. The molecule has 0 heterocycles. The normalized spacial score (nSPS) is 23.2. The van der Waals surface area contributed by atoms with Crippen LogP contribution in [0.5, 0.6) is 0 Å². The van der Waals surface area contributed by atoms with E-state index in [9.17, 15) is 14.4 Å². The Hall–Kier alpha value is -2.41. The lowest BCUT2D eigenvalue weighted by Gasteiger charge is -2.34. The first-order valence-electron chi connectivity index (χ1n) is 7.93. The van der Waals surface area contributed by atoms with Crippen LogP contribution in [0.4, 0.5) is 4.79 Å². The fraction of sp³-hybridized carbons (Fsp3) is 0.471. The molecule has 3 atom stereocenters. The van der Waals surface area contributed by atoms with E-state index in [1.54, 1.807) is 49.3 Å². The molecule has 1 aliphatic rings. The molecule has 0 bridgehead atoms. The van der Waals surface area contributed by atoms with Gasteiger partial charge in [0.15, 0.2) is 0 Å². The summed E-state index contributed by atoms with van der Waals surface area (Å²) < 4.78 is 4.78. The van der Waals surface area contributed by atoms with Gasteiger partial charge in [-0.3, -0.25) is 4.79 Å². The van der Waals surface area contributed by atoms with Gasteiger partial charge in [0.25, 0.3) is 0 Å². The molecule has 0 spiro atoms. The van der Waals surface area contributed by atoms with E-state index in [1.807, 2.05) is 0 Å². The number of nitrogens with zero attached hydrogens (tertiary/aromatic N) is 1. The molecule has 1 aliphatic carbocycles. The lowest BCUT2D eigenvalue weighted by Crippen LogP contribution is -2.53. The number of esters is 1. The number of alkyl carbamates (subject to hydrolysis) is 1. The van der Waals surface area contributed by atoms with Crippen LogP contribution in [0.1, 0.15) is 29.6 Å². The molecule has 2 rings (SSSR count). The molecule has 1 aromatic carbocycles. The van der Waals surface area contributed by atoms with Crippen molar-refractivity contribution in [2.24, 2.45) is 11.7 Å². The lowest BCUT2D eigenvalue weighted by atomic mass is 9.82. The van der Waals surface area contributed by atoms with Gasteiger partial charge in [0, 0.05) is 32.1 Å². The van der Waals surface area contributed by atoms with Gasteiger partial charge in [-0.05, 0) is 31.4 Å². The van der Waals surface area contributed by atoms with Gasteiger partial charge in [0.2, 0.25) is 5.91 Å². The van der Waals surface area contributed by atoms with E-state index in [0.717, 1.165) is 0 Å². The van der Waals surface area contributed by atoms with Crippen molar-refractivity contribution in [3.63, 3.8) is 0 Å². The number of carbonyl (C=O) groups excluding carboxylic acids is 3. The van der Waals surface area contributed by atoms with Gasteiger partial charge in [-0.1, -0.05) is 18.2 Å². The van der Waals surface area contributed by atoms with Crippen LogP contribution in [0.25, 0.3) is 0 Å². The molecule has 24 heavy (non-hydrogen) atoms. The monoisotopic (exact) mass is 333 g/mol. The molecule has 0 aromatic heterocycles. The van der Waals surface area contributed by atoms with Crippen molar-refractivity contribution in [2.45, 2.75) is 31.3 Å². The van der Waals surface area contributed by atoms with Crippen LogP contribution in [-0.4, -0.2) is 49.0 Å². The Morgan fingerprint density at radius 3 is 2.42 bits per heavy atom. The van der Waals surface area contributed by atoms with Crippen LogP contribution in [0, 0.1) is 5.92 Å². The SMILES string of the molecule is CN(C)C(=O)[C@H]1CC[C@H](NC(=O)OC(=O)c2ccccc2)[C@H](N)C1. The van der Waals surface area contributed by atoms with Gasteiger partial charge in [-0.2, -0.15) is 0 Å². The van der Waals surface area contributed by atoms with Crippen LogP contribution < -0.4 is 11.1 Å². The van der Waals surface area contributed by atoms with Crippen molar-refractivity contribution in [1.29, 1.82) is 0 Å². The van der Waals surface area contributed by atoms with Crippen LogP contribution >= 0.6 is 0 Å². The van der Waals surface area contributed by atoms with E-state index in [-0.39, 0.29) is 23.9 Å². The third-order valence-corrected chi connectivity index (χ3v) is 4.19. The number of carbonyl (C=O) groups is 3. The summed E-state index contributed by atoms with van der Waals surface area (Å²) in [4.78, 5) is 37.3. The highest BCUT2D eigenvalue weighted by Gasteiger charge is 2.33. The molecule has 3 N–H and O–H groups in total. The summed E-state index contributed by atoms with van der Waals surface area (Å²) in [5.74, 6) is -0.793. The van der Waals surface area contributed by atoms with Crippen LogP contribution in [0.2, 0.25) is 0 Å². The predicted octanol–water partition coefficient (Wildman–Crippen LogP) is 1.14. The Morgan fingerprint density at radius 2 is 1.83 bits per heavy atom. The minimum Gasteiger partial charge on any atom is -0.373 e. The van der Waals surface area contributed by atoms with E-state index in [1.165, 1.54) is 0 Å².